The molecule has 218 valence electrons. The van der Waals surface area contributed by atoms with E-state index in [0.29, 0.717) is 38.5 Å². The molecule has 1 aliphatic rings. The van der Waals surface area contributed by atoms with Crippen LogP contribution in [0.5, 0.6) is 17.2 Å². The second-order valence-electron chi connectivity index (χ2n) is 10.4. The van der Waals surface area contributed by atoms with Crippen molar-refractivity contribution >= 4 is 17.2 Å². The largest absolute Gasteiger partial charge is 0.489 e. The lowest BCUT2D eigenvalue weighted by atomic mass is 10.1. The van der Waals surface area contributed by atoms with Crippen LogP contribution in [0, 0.1) is 0 Å². The molecule has 2 heterocycles. The normalized spacial score (nSPS) is 11.9. The summed E-state index contributed by atoms with van der Waals surface area (Å²) >= 11 is 1.51. The molecule has 0 radical (unpaired) electrons. The Balaban J connectivity index is 1.10. The van der Waals surface area contributed by atoms with E-state index in [2.05, 4.69) is 57.7 Å². The van der Waals surface area contributed by atoms with Crippen molar-refractivity contribution in [3.63, 3.8) is 0 Å². The number of nitrogens with one attached hydrogen (secondary N) is 1. The number of aromatic nitrogens is 1. The standard InChI is InChI=1S/C35H33N3O4S/c39-35(36-18-17-26-7-3-1-4-8-26)31-24-43-34(37-31)22-38(21-29-13-16-32-33(19-29)42-25-41-32)20-27-11-14-30(15-12-27)40-23-28-9-5-2-6-10-28/h1-16,19,24H,17-18,20-23,25H2,(H,36,39). The fourth-order valence-electron chi connectivity index (χ4n) is 4.89. The first-order chi connectivity index (χ1) is 21.2. The number of benzene rings is 4. The van der Waals surface area contributed by atoms with Crippen LogP contribution in [0.15, 0.2) is 109 Å². The van der Waals surface area contributed by atoms with E-state index in [1.54, 1.807) is 0 Å². The van der Waals surface area contributed by atoms with E-state index < -0.39 is 0 Å². The second kappa shape index (κ2) is 14.0. The lowest BCUT2D eigenvalue weighted by Crippen LogP contribution is -2.26. The summed E-state index contributed by atoms with van der Waals surface area (Å²) in [6.07, 6.45) is 0.781. The Morgan fingerprint density at radius 3 is 2.28 bits per heavy atom. The van der Waals surface area contributed by atoms with E-state index in [4.69, 9.17) is 14.2 Å². The van der Waals surface area contributed by atoms with Gasteiger partial charge in [-0.05, 0) is 52.9 Å². The maximum atomic E-state index is 12.8. The average molecular weight is 592 g/mol. The van der Waals surface area contributed by atoms with Crippen LogP contribution < -0.4 is 19.5 Å². The van der Waals surface area contributed by atoms with Crippen molar-refractivity contribution in [2.24, 2.45) is 0 Å². The lowest BCUT2D eigenvalue weighted by molar-refractivity contribution is 0.0949. The first-order valence-electron chi connectivity index (χ1n) is 14.3. The Hall–Kier alpha value is -4.66. The van der Waals surface area contributed by atoms with E-state index in [-0.39, 0.29) is 12.7 Å². The van der Waals surface area contributed by atoms with Crippen molar-refractivity contribution < 1.29 is 19.0 Å². The van der Waals surface area contributed by atoms with Gasteiger partial charge in [0.05, 0.1) is 6.54 Å². The molecule has 0 bridgehead atoms. The molecule has 43 heavy (non-hydrogen) atoms. The summed E-state index contributed by atoms with van der Waals surface area (Å²) in [7, 11) is 0. The van der Waals surface area contributed by atoms with Crippen LogP contribution >= 0.6 is 11.3 Å². The first-order valence-corrected chi connectivity index (χ1v) is 15.2. The molecule has 8 heteroatoms. The molecule has 0 atom stereocenters. The highest BCUT2D eigenvalue weighted by atomic mass is 32.1. The van der Waals surface area contributed by atoms with Crippen LogP contribution in [0.2, 0.25) is 0 Å². The maximum Gasteiger partial charge on any atom is 0.270 e. The molecule has 1 aromatic heterocycles. The van der Waals surface area contributed by atoms with Crippen molar-refractivity contribution in [1.29, 1.82) is 0 Å². The lowest BCUT2D eigenvalue weighted by Gasteiger charge is -2.22. The number of hydrogen-bond donors (Lipinski definition) is 1. The van der Waals surface area contributed by atoms with Gasteiger partial charge in [0, 0.05) is 25.0 Å². The molecule has 6 rings (SSSR count). The minimum absolute atomic E-state index is 0.146. The van der Waals surface area contributed by atoms with Gasteiger partial charge in [-0.2, -0.15) is 0 Å². The van der Waals surface area contributed by atoms with Gasteiger partial charge < -0.3 is 19.5 Å². The molecule has 0 fully saturated rings. The van der Waals surface area contributed by atoms with Crippen molar-refractivity contribution in [2.75, 3.05) is 13.3 Å². The summed E-state index contributed by atoms with van der Waals surface area (Å²) < 4.78 is 17.1. The van der Waals surface area contributed by atoms with Crippen molar-refractivity contribution in [3.8, 4) is 17.2 Å². The third kappa shape index (κ3) is 8.00. The third-order valence-corrected chi connectivity index (χ3v) is 7.94. The van der Waals surface area contributed by atoms with Crippen molar-refractivity contribution in [1.82, 2.24) is 15.2 Å². The Kier molecular flexibility index (Phi) is 9.27. The summed E-state index contributed by atoms with van der Waals surface area (Å²) in [5.41, 5.74) is 5.05. The summed E-state index contributed by atoms with van der Waals surface area (Å²) in [5, 5.41) is 5.72. The van der Waals surface area contributed by atoms with Gasteiger partial charge in [0.15, 0.2) is 11.5 Å². The predicted molar refractivity (Wildman–Crippen MR) is 167 cm³/mol. The molecule has 0 aliphatic carbocycles. The van der Waals surface area contributed by atoms with Crippen LogP contribution in [-0.4, -0.2) is 29.1 Å². The highest BCUT2D eigenvalue weighted by Crippen LogP contribution is 2.33. The molecule has 0 spiro atoms. The second-order valence-corrected chi connectivity index (χ2v) is 11.3. The van der Waals surface area contributed by atoms with Gasteiger partial charge in [0.2, 0.25) is 6.79 Å². The zero-order valence-corrected chi connectivity index (χ0v) is 24.6. The molecule has 7 nitrogen and oxygen atoms in total. The number of fused-ring (bicyclic) bond motifs is 1. The van der Waals surface area contributed by atoms with Gasteiger partial charge in [-0.15, -0.1) is 11.3 Å². The van der Waals surface area contributed by atoms with E-state index in [1.165, 1.54) is 16.9 Å². The predicted octanol–water partition coefficient (Wildman–Crippen LogP) is 6.63. The number of carbonyl (C=O) groups excluding carboxylic acids is 1. The topological polar surface area (TPSA) is 72.9 Å². The Labute approximate surface area is 255 Å². The highest BCUT2D eigenvalue weighted by molar-refractivity contribution is 7.09. The fourth-order valence-corrected chi connectivity index (χ4v) is 5.71. The number of amides is 1. The van der Waals surface area contributed by atoms with Crippen LogP contribution in [0.3, 0.4) is 0 Å². The van der Waals surface area contributed by atoms with Gasteiger partial charge in [0.25, 0.3) is 5.91 Å². The number of thiazole rings is 1. The van der Waals surface area contributed by atoms with Gasteiger partial charge in [-0.3, -0.25) is 9.69 Å². The molecule has 0 saturated carbocycles. The fraction of sp³-hybridized carbons (Fsp3) is 0.200. The number of carbonyl (C=O) groups is 1. The molecule has 0 saturated heterocycles. The molecule has 1 N–H and O–H groups in total. The monoisotopic (exact) mass is 591 g/mol. The third-order valence-electron chi connectivity index (χ3n) is 7.11. The van der Waals surface area contributed by atoms with Crippen LogP contribution in [0.25, 0.3) is 0 Å². The molecule has 0 unspecified atom stereocenters. The number of hydrogen-bond acceptors (Lipinski definition) is 7. The summed E-state index contributed by atoms with van der Waals surface area (Å²) in [4.78, 5) is 19.8. The molecule has 5 aromatic rings. The van der Waals surface area contributed by atoms with Gasteiger partial charge >= 0.3 is 0 Å². The Bertz CT molecular complexity index is 1620. The van der Waals surface area contributed by atoms with E-state index in [9.17, 15) is 4.79 Å². The van der Waals surface area contributed by atoms with Crippen LogP contribution in [-0.2, 0) is 32.7 Å². The maximum absolute atomic E-state index is 12.8. The molecular weight excluding hydrogens is 558 g/mol. The molecule has 4 aromatic carbocycles. The summed E-state index contributed by atoms with van der Waals surface area (Å²) in [6.45, 7) is 3.32. The average Bonchev–Trinajstić information content (AvgIpc) is 3.71. The minimum Gasteiger partial charge on any atom is -0.489 e. The molecule has 1 amide bonds. The number of rotatable bonds is 13. The quantitative estimate of drug-likeness (QED) is 0.166. The number of ether oxygens (including phenoxy) is 3. The van der Waals surface area contributed by atoms with Crippen LogP contribution in [0.4, 0.5) is 0 Å². The van der Waals surface area contributed by atoms with E-state index in [1.807, 2.05) is 66.0 Å². The van der Waals surface area contributed by atoms with E-state index in [0.717, 1.165) is 45.4 Å². The van der Waals surface area contributed by atoms with Crippen molar-refractivity contribution in [2.45, 2.75) is 32.7 Å². The zero-order valence-electron chi connectivity index (χ0n) is 23.8. The minimum atomic E-state index is -0.146. The van der Waals surface area contributed by atoms with E-state index >= 15 is 0 Å². The number of nitrogens with zero attached hydrogens (tertiary/aromatic N) is 2. The van der Waals surface area contributed by atoms with Crippen molar-refractivity contribution in [3.05, 3.63) is 141 Å². The smallest absolute Gasteiger partial charge is 0.270 e. The highest BCUT2D eigenvalue weighted by Gasteiger charge is 2.17. The summed E-state index contributed by atoms with van der Waals surface area (Å²) in [5.74, 6) is 2.22. The van der Waals surface area contributed by atoms with Gasteiger partial charge in [-0.1, -0.05) is 78.9 Å². The first kappa shape index (κ1) is 28.5. The zero-order chi connectivity index (χ0) is 29.3. The van der Waals surface area contributed by atoms with Crippen LogP contribution in [0.1, 0.15) is 37.7 Å². The SMILES string of the molecule is O=C(NCCc1ccccc1)c1csc(CN(Cc2ccc(OCc3ccccc3)cc2)Cc2ccc3c(c2)OCO3)n1. The molecule has 1 aliphatic heterocycles. The van der Waals surface area contributed by atoms with Gasteiger partial charge in [-0.25, -0.2) is 4.98 Å². The Morgan fingerprint density at radius 1 is 0.791 bits per heavy atom. The molecular formula is C35H33N3O4S. The van der Waals surface area contributed by atoms with Gasteiger partial charge in [0.1, 0.15) is 23.1 Å². The summed E-state index contributed by atoms with van der Waals surface area (Å²) in [6, 6.07) is 34.5. The Morgan fingerprint density at radius 2 is 1.49 bits per heavy atom.